The summed E-state index contributed by atoms with van der Waals surface area (Å²) < 4.78 is 0. The molecule has 2 aromatic rings. The molecule has 0 saturated carbocycles. The first-order chi connectivity index (χ1) is 8.69. The Kier molecular flexibility index (Phi) is 3.85. The van der Waals surface area contributed by atoms with Gasteiger partial charge in [-0.25, -0.2) is 0 Å². The lowest BCUT2D eigenvalue weighted by molar-refractivity contribution is 0.282. The molecule has 0 radical (unpaired) electrons. The molecule has 0 spiro atoms. The average molecular weight is 242 g/mol. The van der Waals surface area contributed by atoms with Gasteiger partial charge in [0, 0.05) is 17.9 Å². The molecule has 0 heterocycles. The summed E-state index contributed by atoms with van der Waals surface area (Å²) in [7, 11) is 0. The highest BCUT2D eigenvalue weighted by Crippen LogP contribution is 2.19. The van der Waals surface area contributed by atoms with Gasteiger partial charge in [0.1, 0.15) is 0 Å². The first kappa shape index (κ1) is 12.5. The number of nitrogen functional groups attached to an aromatic ring is 1. The van der Waals surface area contributed by atoms with Gasteiger partial charge in [-0.1, -0.05) is 30.3 Å². The van der Waals surface area contributed by atoms with E-state index in [9.17, 15) is 0 Å². The third-order valence-corrected chi connectivity index (χ3v) is 2.95. The second-order valence-corrected chi connectivity index (χ2v) is 4.40. The first-order valence-corrected chi connectivity index (χ1v) is 5.97. The number of aliphatic hydroxyl groups is 1. The number of benzene rings is 2. The summed E-state index contributed by atoms with van der Waals surface area (Å²) in [6.07, 6.45) is 0. The zero-order valence-corrected chi connectivity index (χ0v) is 10.5. The van der Waals surface area contributed by atoms with E-state index in [1.165, 1.54) is 11.1 Å². The maximum absolute atomic E-state index is 8.97. The molecule has 0 aliphatic carbocycles. The molecule has 0 saturated heterocycles. The Bertz CT molecular complexity index is 521. The van der Waals surface area contributed by atoms with Crippen LogP contribution in [0.1, 0.15) is 16.7 Å². The van der Waals surface area contributed by atoms with Crippen LogP contribution in [0.2, 0.25) is 0 Å². The van der Waals surface area contributed by atoms with Gasteiger partial charge in [-0.05, 0) is 35.7 Å². The minimum absolute atomic E-state index is 0.0854. The molecule has 18 heavy (non-hydrogen) atoms. The Balaban J connectivity index is 2.04. The Labute approximate surface area is 107 Å². The molecule has 0 aromatic heterocycles. The van der Waals surface area contributed by atoms with E-state index in [4.69, 9.17) is 10.8 Å². The number of hydrogen-bond acceptors (Lipinski definition) is 3. The molecule has 0 amide bonds. The Morgan fingerprint density at radius 1 is 1.06 bits per heavy atom. The van der Waals surface area contributed by atoms with Crippen molar-refractivity contribution in [3.05, 3.63) is 59.2 Å². The van der Waals surface area contributed by atoms with E-state index in [1.54, 1.807) is 0 Å². The fourth-order valence-corrected chi connectivity index (χ4v) is 1.79. The van der Waals surface area contributed by atoms with Gasteiger partial charge in [0.15, 0.2) is 0 Å². The highest BCUT2D eigenvalue weighted by atomic mass is 16.3. The molecule has 0 aliphatic heterocycles. The molecule has 2 rings (SSSR count). The van der Waals surface area contributed by atoms with Crippen LogP contribution in [0.15, 0.2) is 42.5 Å². The Hall–Kier alpha value is -2.00. The predicted octanol–water partition coefficient (Wildman–Crippen LogP) is 2.68. The summed E-state index contributed by atoms with van der Waals surface area (Å²) in [4.78, 5) is 0. The number of nitrogens with one attached hydrogen (secondary N) is 1. The molecule has 0 aliphatic rings. The number of rotatable bonds is 4. The molecule has 0 unspecified atom stereocenters. The molecule has 0 atom stereocenters. The SMILES string of the molecule is Cc1ccc(N)cc1NCc1ccc(CO)cc1. The van der Waals surface area contributed by atoms with Crippen molar-refractivity contribution in [2.75, 3.05) is 11.1 Å². The molecule has 4 N–H and O–H groups in total. The smallest absolute Gasteiger partial charge is 0.0681 e. The molecule has 0 bridgehead atoms. The largest absolute Gasteiger partial charge is 0.399 e. The molecule has 3 heteroatoms. The van der Waals surface area contributed by atoms with Gasteiger partial charge < -0.3 is 16.2 Å². The van der Waals surface area contributed by atoms with Gasteiger partial charge in [-0.2, -0.15) is 0 Å². The number of aryl methyl sites for hydroxylation is 1. The lowest BCUT2D eigenvalue weighted by Crippen LogP contribution is -2.02. The van der Waals surface area contributed by atoms with Crippen LogP contribution in [-0.4, -0.2) is 5.11 Å². The van der Waals surface area contributed by atoms with Crippen molar-refractivity contribution < 1.29 is 5.11 Å². The lowest BCUT2D eigenvalue weighted by Gasteiger charge is -2.10. The minimum atomic E-state index is 0.0854. The summed E-state index contributed by atoms with van der Waals surface area (Å²) in [5.74, 6) is 0. The molecule has 3 nitrogen and oxygen atoms in total. The highest BCUT2D eigenvalue weighted by molar-refractivity contribution is 5.59. The van der Waals surface area contributed by atoms with E-state index in [0.717, 1.165) is 23.5 Å². The Morgan fingerprint density at radius 2 is 1.72 bits per heavy atom. The van der Waals surface area contributed by atoms with E-state index >= 15 is 0 Å². The molecule has 94 valence electrons. The number of nitrogens with two attached hydrogens (primary N) is 1. The van der Waals surface area contributed by atoms with Crippen molar-refractivity contribution in [1.82, 2.24) is 0 Å². The monoisotopic (exact) mass is 242 g/mol. The van der Waals surface area contributed by atoms with Crippen molar-refractivity contribution in [2.24, 2.45) is 0 Å². The number of aliphatic hydroxyl groups excluding tert-OH is 1. The van der Waals surface area contributed by atoms with Crippen LogP contribution in [0.4, 0.5) is 11.4 Å². The van der Waals surface area contributed by atoms with Crippen LogP contribution in [0.5, 0.6) is 0 Å². The molecular formula is C15H18N2O. The zero-order chi connectivity index (χ0) is 13.0. The standard InChI is InChI=1S/C15H18N2O/c1-11-2-7-14(16)8-15(11)17-9-12-3-5-13(10-18)6-4-12/h2-8,17-18H,9-10,16H2,1H3. The first-order valence-electron chi connectivity index (χ1n) is 5.97. The third-order valence-electron chi connectivity index (χ3n) is 2.95. The summed E-state index contributed by atoms with van der Waals surface area (Å²) in [6, 6.07) is 13.7. The van der Waals surface area contributed by atoms with Gasteiger partial charge in [-0.3, -0.25) is 0 Å². The van der Waals surface area contributed by atoms with Crippen LogP contribution in [0.25, 0.3) is 0 Å². The van der Waals surface area contributed by atoms with Crippen LogP contribution < -0.4 is 11.1 Å². The maximum atomic E-state index is 8.97. The summed E-state index contributed by atoms with van der Waals surface area (Å²) in [5, 5.41) is 12.3. The van der Waals surface area contributed by atoms with Crippen molar-refractivity contribution in [3.63, 3.8) is 0 Å². The maximum Gasteiger partial charge on any atom is 0.0681 e. The Morgan fingerprint density at radius 3 is 2.39 bits per heavy atom. The van der Waals surface area contributed by atoms with Crippen LogP contribution in [0.3, 0.4) is 0 Å². The van der Waals surface area contributed by atoms with E-state index < -0.39 is 0 Å². The number of hydrogen-bond donors (Lipinski definition) is 3. The van der Waals surface area contributed by atoms with Crippen molar-refractivity contribution >= 4 is 11.4 Å². The van der Waals surface area contributed by atoms with E-state index in [1.807, 2.05) is 42.5 Å². The third kappa shape index (κ3) is 3.02. The topological polar surface area (TPSA) is 58.3 Å². The molecule has 2 aromatic carbocycles. The van der Waals surface area contributed by atoms with Crippen LogP contribution in [0, 0.1) is 6.92 Å². The summed E-state index contributed by atoms with van der Waals surface area (Å²) in [5.41, 5.74) is 10.9. The van der Waals surface area contributed by atoms with Gasteiger partial charge in [0.05, 0.1) is 6.61 Å². The van der Waals surface area contributed by atoms with Crippen molar-refractivity contribution in [3.8, 4) is 0 Å². The quantitative estimate of drug-likeness (QED) is 0.722. The van der Waals surface area contributed by atoms with E-state index in [0.29, 0.717) is 0 Å². The molecular weight excluding hydrogens is 224 g/mol. The minimum Gasteiger partial charge on any atom is -0.399 e. The van der Waals surface area contributed by atoms with E-state index in [-0.39, 0.29) is 6.61 Å². The van der Waals surface area contributed by atoms with Gasteiger partial charge in [0.25, 0.3) is 0 Å². The van der Waals surface area contributed by atoms with Gasteiger partial charge in [-0.15, -0.1) is 0 Å². The number of anilines is 2. The second-order valence-electron chi connectivity index (χ2n) is 4.40. The lowest BCUT2D eigenvalue weighted by atomic mass is 10.1. The van der Waals surface area contributed by atoms with E-state index in [2.05, 4.69) is 12.2 Å². The van der Waals surface area contributed by atoms with Crippen molar-refractivity contribution in [1.29, 1.82) is 0 Å². The zero-order valence-electron chi connectivity index (χ0n) is 10.5. The second kappa shape index (κ2) is 5.56. The van der Waals surface area contributed by atoms with Gasteiger partial charge in [0.2, 0.25) is 0 Å². The fourth-order valence-electron chi connectivity index (χ4n) is 1.79. The predicted molar refractivity (Wildman–Crippen MR) is 75.3 cm³/mol. The summed E-state index contributed by atoms with van der Waals surface area (Å²) in [6.45, 7) is 2.88. The highest BCUT2D eigenvalue weighted by Gasteiger charge is 1.99. The summed E-state index contributed by atoms with van der Waals surface area (Å²) >= 11 is 0. The normalized spacial score (nSPS) is 10.3. The van der Waals surface area contributed by atoms with Crippen LogP contribution >= 0.6 is 0 Å². The molecule has 0 fully saturated rings. The van der Waals surface area contributed by atoms with Crippen LogP contribution in [-0.2, 0) is 13.2 Å². The average Bonchev–Trinajstić information content (AvgIpc) is 2.40. The fraction of sp³-hybridized carbons (Fsp3) is 0.200. The van der Waals surface area contributed by atoms with Gasteiger partial charge >= 0.3 is 0 Å². The van der Waals surface area contributed by atoms with Crippen molar-refractivity contribution in [2.45, 2.75) is 20.1 Å².